The summed E-state index contributed by atoms with van der Waals surface area (Å²) in [6, 6.07) is 7.12. The van der Waals surface area contributed by atoms with E-state index in [0.717, 1.165) is 18.7 Å². The first-order valence-corrected chi connectivity index (χ1v) is 10.3. The van der Waals surface area contributed by atoms with E-state index in [0.29, 0.717) is 31.2 Å². The highest BCUT2D eigenvalue weighted by atomic mass is 32.2. The minimum absolute atomic E-state index is 0.0594. The second-order valence-electron chi connectivity index (χ2n) is 6.99. The van der Waals surface area contributed by atoms with Crippen LogP contribution in [0.15, 0.2) is 29.2 Å². The Balaban J connectivity index is 1.72. The van der Waals surface area contributed by atoms with E-state index in [1.54, 1.807) is 12.1 Å². The van der Waals surface area contributed by atoms with E-state index in [1.165, 1.54) is 6.26 Å². The van der Waals surface area contributed by atoms with Crippen molar-refractivity contribution in [3.63, 3.8) is 0 Å². The number of carbonyl (C=O) groups is 1. The van der Waals surface area contributed by atoms with Crippen LogP contribution in [0.3, 0.4) is 0 Å². The average molecular weight is 368 g/mol. The van der Waals surface area contributed by atoms with Crippen LogP contribution in [0.4, 0.5) is 0 Å². The highest BCUT2D eigenvalue weighted by molar-refractivity contribution is 7.90. The lowest BCUT2D eigenvalue weighted by atomic mass is 10.1. The third-order valence-corrected chi connectivity index (χ3v) is 5.88. The maximum absolute atomic E-state index is 11.6. The molecule has 0 unspecified atom stereocenters. The van der Waals surface area contributed by atoms with Crippen molar-refractivity contribution in [1.82, 2.24) is 9.80 Å². The van der Waals surface area contributed by atoms with Gasteiger partial charge in [-0.15, -0.1) is 0 Å². The van der Waals surface area contributed by atoms with Gasteiger partial charge in [-0.2, -0.15) is 0 Å². The van der Waals surface area contributed by atoms with Crippen LogP contribution >= 0.6 is 0 Å². The first-order valence-electron chi connectivity index (χ1n) is 8.36. The van der Waals surface area contributed by atoms with Gasteiger partial charge in [-0.1, -0.05) is 12.1 Å². The summed E-state index contributed by atoms with van der Waals surface area (Å²) in [5.74, 6) is -0.522. The lowest BCUT2D eigenvalue weighted by Gasteiger charge is -2.30. The van der Waals surface area contributed by atoms with E-state index in [-0.39, 0.29) is 18.5 Å². The molecule has 1 aromatic carbocycles. The first kappa shape index (κ1) is 18.3. The van der Waals surface area contributed by atoms with Crippen molar-refractivity contribution in [3.05, 3.63) is 29.8 Å². The Morgan fingerprint density at radius 3 is 2.56 bits per heavy atom. The standard InChI is InChI=1S/C17H24N2O5S/c1-25(22,23)16-4-2-13(3-5-16)7-19-8-14-6-18(10-17(20)21)9-15(19)12-24-11-14/h2-5,14-15H,6-12H2,1H3,(H,20,21)/t14-,15-/m0/s1. The molecule has 0 amide bonds. The summed E-state index contributed by atoms with van der Waals surface area (Å²) in [5.41, 5.74) is 1.05. The SMILES string of the molecule is CS(=O)(=O)c1ccc(CN2C[C@H]3COC[C@@H]2CN(CC(=O)O)C3)cc1. The highest BCUT2D eigenvalue weighted by Gasteiger charge is 2.33. The van der Waals surface area contributed by atoms with Crippen molar-refractivity contribution in [2.24, 2.45) is 5.92 Å². The number of nitrogens with zero attached hydrogens (tertiary/aromatic N) is 2. The molecule has 2 saturated heterocycles. The maximum Gasteiger partial charge on any atom is 0.317 e. The van der Waals surface area contributed by atoms with Crippen LogP contribution in [0.1, 0.15) is 5.56 Å². The molecule has 2 atom stereocenters. The molecule has 7 nitrogen and oxygen atoms in total. The third-order valence-electron chi connectivity index (χ3n) is 4.75. The van der Waals surface area contributed by atoms with Crippen LogP contribution in [0.5, 0.6) is 0 Å². The number of carboxylic acid groups (broad SMARTS) is 1. The van der Waals surface area contributed by atoms with E-state index >= 15 is 0 Å². The Kier molecular flexibility index (Phi) is 5.43. The number of hydrogen-bond acceptors (Lipinski definition) is 6. The number of sulfone groups is 1. The summed E-state index contributed by atoms with van der Waals surface area (Å²) in [5, 5.41) is 9.08. The van der Waals surface area contributed by atoms with Gasteiger partial charge in [0.15, 0.2) is 9.84 Å². The summed E-state index contributed by atoms with van der Waals surface area (Å²) in [6.07, 6.45) is 1.20. The van der Waals surface area contributed by atoms with Crippen molar-refractivity contribution in [2.75, 3.05) is 45.6 Å². The Morgan fingerprint density at radius 2 is 1.92 bits per heavy atom. The van der Waals surface area contributed by atoms with Crippen LogP contribution in [-0.2, 0) is 25.9 Å². The van der Waals surface area contributed by atoms with Crippen LogP contribution in [-0.4, -0.2) is 81.0 Å². The predicted molar refractivity (Wildman–Crippen MR) is 92.1 cm³/mol. The van der Waals surface area contributed by atoms with Gasteiger partial charge < -0.3 is 9.84 Å². The number of aliphatic carboxylic acids is 1. The Hall–Kier alpha value is -1.48. The van der Waals surface area contributed by atoms with Crippen molar-refractivity contribution >= 4 is 15.8 Å². The molecular weight excluding hydrogens is 344 g/mol. The normalized spacial score (nSPS) is 25.5. The Labute approximate surface area is 148 Å². The number of carboxylic acids is 1. The first-order chi connectivity index (χ1) is 11.8. The second kappa shape index (κ2) is 7.41. The lowest BCUT2D eigenvalue weighted by molar-refractivity contribution is -0.138. The van der Waals surface area contributed by atoms with Crippen molar-refractivity contribution in [1.29, 1.82) is 0 Å². The van der Waals surface area contributed by atoms with E-state index < -0.39 is 15.8 Å². The number of hydrogen-bond donors (Lipinski definition) is 1. The monoisotopic (exact) mass is 368 g/mol. The molecule has 8 heteroatoms. The molecule has 25 heavy (non-hydrogen) atoms. The minimum Gasteiger partial charge on any atom is -0.480 e. The van der Waals surface area contributed by atoms with Crippen molar-refractivity contribution in [3.8, 4) is 0 Å². The molecule has 2 fully saturated rings. The van der Waals surface area contributed by atoms with Gasteiger partial charge in [0, 0.05) is 44.4 Å². The van der Waals surface area contributed by atoms with Gasteiger partial charge in [-0.3, -0.25) is 14.6 Å². The lowest BCUT2D eigenvalue weighted by Crippen LogP contribution is -2.44. The zero-order chi connectivity index (χ0) is 18.0. The van der Waals surface area contributed by atoms with E-state index in [2.05, 4.69) is 4.90 Å². The molecule has 0 saturated carbocycles. The number of ether oxygens (including phenoxy) is 1. The molecule has 2 bridgehead atoms. The summed E-state index contributed by atoms with van der Waals surface area (Å²) in [7, 11) is -3.19. The summed E-state index contributed by atoms with van der Waals surface area (Å²) in [4.78, 5) is 15.7. The third kappa shape index (κ3) is 4.78. The smallest absolute Gasteiger partial charge is 0.317 e. The van der Waals surface area contributed by atoms with Crippen LogP contribution in [0.2, 0.25) is 0 Å². The van der Waals surface area contributed by atoms with Gasteiger partial charge in [0.05, 0.1) is 24.7 Å². The van der Waals surface area contributed by atoms with E-state index in [9.17, 15) is 13.2 Å². The van der Waals surface area contributed by atoms with Gasteiger partial charge in [-0.25, -0.2) is 8.42 Å². The maximum atomic E-state index is 11.6. The molecule has 2 aliphatic rings. The quantitative estimate of drug-likeness (QED) is 0.800. The molecule has 0 radical (unpaired) electrons. The van der Waals surface area contributed by atoms with Crippen LogP contribution in [0, 0.1) is 5.92 Å². The molecule has 3 rings (SSSR count). The van der Waals surface area contributed by atoms with Gasteiger partial charge >= 0.3 is 5.97 Å². The number of fused-ring (bicyclic) bond motifs is 3. The molecule has 2 heterocycles. The van der Waals surface area contributed by atoms with Crippen molar-refractivity contribution < 1.29 is 23.1 Å². The fraction of sp³-hybridized carbons (Fsp3) is 0.588. The number of benzene rings is 1. The fourth-order valence-electron chi connectivity index (χ4n) is 3.62. The summed E-state index contributed by atoms with van der Waals surface area (Å²) < 4.78 is 28.9. The summed E-state index contributed by atoms with van der Waals surface area (Å²) >= 11 is 0. The molecule has 0 aromatic heterocycles. The fourth-order valence-corrected chi connectivity index (χ4v) is 4.25. The number of rotatable bonds is 5. The molecule has 1 N–H and O–H groups in total. The topological polar surface area (TPSA) is 87.2 Å². The van der Waals surface area contributed by atoms with Gasteiger partial charge in [0.2, 0.25) is 0 Å². The van der Waals surface area contributed by atoms with Crippen LogP contribution in [0.25, 0.3) is 0 Å². The van der Waals surface area contributed by atoms with Crippen molar-refractivity contribution in [2.45, 2.75) is 17.5 Å². The highest BCUT2D eigenvalue weighted by Crippen LogP contribution is 2.22. The Bertz CT molecular complexity index is 719. The predicted octanol–water partition coefficient (Wildman–Crippen LogP) is 0.307. The van der Waals surface area contributed by atoms with Crippen LogP contribution < -0.4 is 0 Å². The molecule has 138 valence electrons. The van der Waals surface area contributed by atoms with Gasteiger partial charge in [0.25, 0.3) is 0 Å². The van der Waals surface area contributed by atoms with Gasteiger partial charge in [-0.05, 0) is 17.7 Å². The minimum atomic E-state index is -3.19. The average Bonchev–Trinajstić information content (AvgIpc) is 2.76. The molecule has 1 aromatic rings. The van der Waals surface area contributed by atoms with E-state index in [1.807, 2.05) is 17.0 Å². The molecule has 2 aliphatic heterocycles. The molecular formula is C17H24N2O5S. The molecule has 0 spiro atoms. The molecule has 0 aliphatic carbocycles. The largest absolute Gasteiger partial charge is 0.480 e. The second-order valence-corrected chi connectivity index (χ2v) is 9.01. The zero-order valence-electron chi connectivity index (χ0n) is 14.3. The summed E-state index contributed by atoms with van der Waals surface area (Å²) in [6.45, 7) is 4.26. The zero-order valence-corrected chi connectivity index (χ0v) is 15.1. The van der Waals surface area contributed by atoms with Gasteiger partial charge in [0.1, 0.15) is 0 Å². The Morgan fingerprint density at radius 1 is 1.20 bits per heavy atom. The van der Waals surface area contributed by atoms with E-state index in [4.69, 9.17) is 9.84 Å².